The van der Waals surface area contributed by atoms with Gasteiger partial charge in [0, 0.05) is 24.4 Å². The monoisotopic (exact) mass is 459 g/mol. The van der Waals surface area contributed by atoms with Crippen LogP contribution in [0.4, 0.5) is 4.39 Å². The molecule has 0 spiro atoms. The average molecular weight is 460 g/mol. The Labute approximate surface area is 195 Å². The Hall–Kier alpha value is -3.50. The smallest absolute Gasteiger partial charge is 0.274 e. The van der Waals surface area contributed by atoms with Gasteiger partial charge in [-0.15, -0.1) is 11.3 Å². The summed E-state index contributed by atoms with van der Waals surface area (Å²) in [6, 6.07) is 15.7. The lowest BCUT2D eigenvalue weighted by molar-refractivity contribution is 0.0603. The second kappa shape index (κ2) is 8.80. The zero-order valence-corrected chi connectivity index (χ0v) is 19.0. The normalized spacial score (nSPS) is 16.2. The van der Waals surface area contributed by atoms with Crippen molar-refractivity contribution >= 4 is 28.2 Å². The fourth-order valence-corrected chi connectivity index (χ4v) is 5.44. The molecular weight excluding hydrogens is 437 g/mol. The fourth-order valence-electron chi connectivity index (χ4n) is 4.53. The first-order valence-electron chi connectivity index (χ1n) is 11.0. The summed E-state index contributed by atoms with van der Waals surface area (Å²) in [7, 11) is 0. The molecule has 0 bridgehead atoms. The van der Waals surface area contributed by atoms with Gasteiger partial charge in [0.25, 0.3) is 5.91 Å². The van der Waals surface area contributed by atoms with Gasteiger partial charge in [0.1, 0.15) is 22.9 Å². The van der Waals surface area contributed by atoms with Crippen LogP contribution >= 0.6 is 11.3 Å². The SMILES string of the molecule is Cc1nc(C(=O)N2CCCC[C@H]2Cc2cc3c(C#N)cccc3o2)c(-c2ccc(F)cc2)s1. The highest BCUT2D eigenvalue weighted by Crippen LogP contribution is 2.33. The maximum Gasteiger partial charge on any atom is 0.274 e. The molecule has 1 amide bonds. The number of halogens is 1. The number of furan rings is 1. The van der Waals surface area contributed by atoms with E-state index in [9.17, 15) is 14.4 Å². The van der Waals surface area contributed by atoms with Crippen molar-refractivity contribution in [2.75, 3.05) is 6.54 Å². The highest BCUT2D eigenvalue weighted by molar-refractivity contribution is 7.15. The number of thiazole rings is 1. The number of fused-ring (bicyclic) bond motifs is 1. The van der Waals surface area contributed by atoms with Gasteiger partial charge >= 0.3 is 0 Å². The zero-order valence-electron chi connectivity index (χ0n) is 18.2. The van der Waals surface area contributed by atoms with Crippen molar-refractivity contribution in [1.29, 1.82) is 5.26 Å². The van der Waals surface area contributed by atoms with E-state index in [0.717, 1.165) is 45.9 Å². The average Bonchev–Trinajstić information content (AvgIpc) is 3.42. The second-order valence-corrected chi connectivity index (χ2v) is 9.51. The summed E-state index contributed by atoms with van der Waals surface area (Å²) < 4.78 is 19.4. The van der Waals surface area contributed by atoms with E-state index in [-0.39, 0.29) is 17.8 Å². The fraction of sp³-hybridized carbons (Fsp3) is 0.269. The third-order valence-electron chi connectivity index (χ3n) is 6.10. The lowest BCUT2D eigenvalue weighted by atomic mass is 9.97. The van der Waals surface area contributed by atoms with Crippen molar-refractivity contribution in [3.63, 3.8) is 0 Å². The predicted octanol–water partition coefficient (Wildman–Crippen LogP) is 6.11. The van der Waals surface area contributed by atoms with E-state index < -0.39 is 0 Å². The van der Waals surface area contributed by atoms with E-state index in [1.54, 1.807) is 18.2 Å². The van der Waals surface area contributed by atoms with Gasteiger partial charge in [0.15, 0.2) is 0 Å². The number of nitrogens with zero attached hydrogens (tertiary/aromatic N) is 3. The molecular formula is C26H22FN3O2S. The first kappa shape index (κ1) is 21.4. The predicted molar refractivity (Wildman–Crippen MR) is 126 cm³/mol. The van der Waals surface area contributed by atoms with Crippen LogP contribution in [0.25, 0.3) is 21.4 Å². The van der Waals surface area contributed by atoms with Crippen molar-refractivity contribution in [2.24, 2.45) is 0 Å². The number of likely N-dealkylation sites (tertiary alicyclic amines) is 1. The van der Waals surface area contributed by atoms with Crippen LogP contribution < -0.4 is 0 Å². The Morgan fingerprint density at radius 3 is 2.88 bits per heavy atom. The summed E-state index contributed by atoms with van der Waals surface area (Å²) in [5.41, 5.74) is 2.49. The van der Waals surface area contributed by atoms with Crippen LogP contribution in [0, 0.1) is 24.1 Å². The Balaban J connectivity index is 1.44. The van der Waals surface area contributed by atoms with Crippen LogP contribution in [0.2, 0.25) is 0 Å². The molecule has 2 aromatic carbocycles. The maximum atomic E-state index is 13.7. The lowest BCUT2D eigenvalue weighted by Crippen LogP contribution is -2.45. The number of benzene rings is 2. The number of aryl methyl sites for hydroxylation is 1. The summed E-state index contributed by atoms with van der Waals surface area (Å²) >= 11 is 1.45. The van der Waals surface area contributed by atoms with Gasteiger partial charge in [0.2, 0.25) is 0 Å². The molecule has 1 atom stereocenters. The summed E-state index contributed by atoms with van der Waals surface area (Å²) in [6.07, 6.45) is 3.44. The van der Waals surface area contributed by atoms with Gasteiger partial charge in [-0.2, -0.15) is 5.26 Å². The molecule has 1 aliphatic heterocycles. The highest BCUT2D eigenvalue weighted by atomic mass is 32.1. The molecule has 33 heavy (non-hydrogen) atoms. The van der Waals surface area contributed by atoms with E-state index in [4.69, 9.17) is 4.42 Å². The molecule has 3 heterocycles. The van der Waals surface area contributed by atoms with Gasteiger partial charge in [-0.25, -0.2) is 9.37 Å². The molecule has 1 fully saturated rings. The third-order valence-corrected chi connectivity index (χ3v) is 7.12. The molecule has 0 aliphatic carbocycles. The summed E-state index contributed by atoms with van der Waals surface area (Å²) in [4.78, 5) is 20.9. The first-order valence-corrected chi connectivity index (χ1v) is 11.8. The molecule has 7 heteroatoms. The van der Waals surface area contributed by atoms with E-state index in [1.807, 2.05) is 30.0 Å². The van der Waals surface area contributed by atoms with Crippen molar-refractivity contribution in [2.45, 2.75) is 38.6 Å². The Bertz CT molecular complexity index is 1370. The van der Waals surface area contributed by atoms with Gasteiger partial charge in [0.05, 0.1) is 21.5 Å². The number of amides is 1. The molecule has 1 saturated heterocycles. The van der Waals surface area contributed by atoms with Crippen molar-refractivity contribution in [3.8, 4) is 16.5 Å². The summed E-state index contributed by atoms with van der Waals surface area (Å²) in [6.45, 7) is 2.54. The molecule has 5 rings (SSSR count). The van der Waals surface area contributed by atoms with Crippen LogP contribution in [-0.4, -0.2) is 28.4 Å². The second-order valence-electron chi connectivity index (χ2n) is 8.31. The van der Waals surface area contributed by atoms with Gasteiger partial charge < -0.3 is 9.32 Å². The molecule has 4 aromatic rings. The number of rotatable bonds is 4. The molecule has 1 aliphatic rings. The molecule has 0 N–H and O–H groups in total. The van der Waals surface area contributed by atoms with Crippen molar-refractivity contribution in [3.05, 3.63) is 76.4 Å². The van der Waals surface area contributed by atoms with Gasteiger partial charge in [-0.1, -0.05) is 18.2 Å². The van der Waals surface area contributed by atoms with E-state index in [0.29, 0.717) is 29.8 Å². The summed E-state index contributed by atoms with van der Waals surface area (Å²) in [5.74, 6) is 0.358. The molecule has 166 valence electrons. The van der Waals surface area contributed by atoms with Gasteiger partial charge in [-0.3, -0.25) is 4.79 Å². The van der Waals surface area contributed by atoms with Crippen LogP contribution in [0.1, 0.15) is 46.1 Å². The minimum atomic E-state index is -0.311. The Kier molecular flexibility index (Phi) is 5.69. The van der Waals surface area contributed by atoms with Crippen LogP contribution in [0.3, 0.4) is 0 Å². The molecule has 5 nitrogen and oxygen atoms in total. The number of carbonyl (C=O) groups is 1. The first-order chi connectivity index (χ1) is 16.0. The largest absolute Gasteiger partial charge is 0.461 e. The number of carbonyl (C=O) groups excluding carboxylic acids is 1. The highest BCUT2D eigenvalue weighted by Gasteiger charge is 2.31. The summed E-state index contributed by atoms with van der Waals surface area (Å²) in [5, 5.41) is 11.0. The minimum absolute atomic E-state index is 0.0135. The van der Waals surface area contributed by atoms with Crippen molar-refractivity contribution in [1.82, 2.24) is 9.88 Å². The van der Waals surface area contributed by atoms with Crippen LogP contribution in [0.5, 0.6) is 0 Å². The number of nitriles is 1. The number of hydrogen-bond acceptors (Lipinski definition) is 5. The van der Waals surface area contributed by atoms with E-state index >= 15 is 0 Å². The molecule has 0 saturated carbocycles. The Morgan fingerprint density at radius 2 is 2.09 bits per heavy atom. The van der Waals surface area contributed by atoms with E-state index in [1.165, 1.54) is 23.5 Å². The maximum absolute atomic E-state index is 13.7. The number of hydrogen-bond donors (Lipinski definition) is 0. The molecule has 2 aromatic heterocycles. The molecule has 0 radical (unpaired) electrons. The zero-order chi connectivity index (χ0) is 22.9. The van der Waals surface area contributed by atoms with Gasteiger partial charge in [-0.05, 0) is 62.1 Å². The molecule has 0 unspecified atom stereocenters. The third kappa shape index (κ3) is 4.14. The lowest BCUT2D eigenvalue weighted by Gasteiger charge is -2.35. The Morgan fingerprint density at radius 1 is 1.27 bits per heavy atom. The van der Waals surface area contributed by atoms with Crippen LogP contribution in [-0.2, 0) is 6.42 Å². The number of aromatic nitrogens is 1. The minimum Gasteiger partial charge on any atom is -0.461 e. The standard InChI is InChI=1S/C26H22FN3O2S/c1-16-29-24(25(33-16)17-8-10-19(27)11-9-17)26(31)30-12-3-2-6-20(30)13-21-14-22-18(15-28)5-4-7-23(22)32-21/h4-5,7-11,14,20H,2-3,6,12-13H2,1H3/t20-/m0/s1. The quantitative estimate of drug-likeness (QED) is 0.369. The number of piperidine rings is 1. The topological polar surface area (TPSA) is 70.1 Å². The van der Waals surface area contributed by atoms with Crippen LogP contribution in [0.15, 0.2) is 52.9 Å². The van der Waals surface area contributed by atoms with E-state index in [2.05, 4.69) is 11.1 Å². The van der Waals surface area contributed by atoms with Crippen molar-refractivity contribution < 1.29 is 13.6 Å².